The molecule has 0 unspecified atom stereocenters. The van der Waals surface area contributed by atoms with Crippen LogP contribution in [0, 0.1) is 0 Å². The first-order valence-corrected chi connectivity index (χ1v) is 5.99. The van der Waals surface area contributed by atoms with Crippen molar-refractivity contribution in [1.29, 1.82) is 0 Å². The van der Waals surface area contributed by atoms with Crippen molar-refractivity contribution in [2.45, 2.75) is 26.3 Å². The molecule has 0 amide bonds. The minimum atomic E-state index is 0.325. The lowest BCUT2D eigenvalue weighted by Crippen LogP contribution is -2.02. The van der Waals surface area contributed by atoms with E-state index in [0.717, 1.165) is 5.76 Å². The third-order valence-electron chi connectivity index (χ3n) is 2.65. The van der Waals surface area contributed by atoms with E-state index in [9.17, 15) is 0 Å². The summed E-state index contributed by atoms with van der Waals surface area (Å²) >= 11 is 0. The van der Waals surface area contributed by atoms with Crippen LogP contribution in [0.4, 0.5) is 0 Å². The van der Waals surface area contributed by atoms with Gasteiger partial charge in [-0.1, -0.05) is 24.2 Å². The lowest BCUT2D eigenvalue weighted by atomic mass is 10.2. The van der Waals surface area contributed by atoms with Gasteiger partial charge >= 0.3 is 0 Å². The summed E-state index contributed by atoms with van der Waals surface area (Å²) in [6.45, 7) is 4.54. The number of hydrogen-bond donors (Lipinski definition) is 0. The Morgan fingerprint density at radius 1 is 1.32 bits per heavy atom. The Kier molecular flexibility index (Phi) is 2.86. The van der Waals surface area contributed by atoms with Gasteiger partial charge in [0.15, 0.2) is 11.6 Å². The molecule has 0 aliphatic carbocycles. The minimum Gasteiger partial charge on any atom is -0.456 e. The average molecular weight is 259 g/mol. The molecule has 0 aliphatic heterocycles. The molecule has 3 aromatic heterocycles. The van der Waals surface area contributed by atoms with Crippen molar-refractivity contribution in [1.82, 2.24) is 25.1 Å². The van der Waals surface area contributed by atoms with Crippen molar-refractivity contribution in [3.05, 3.63) is 36.1 Å². The van der Waals surface area contributed by atoms with Crippen LogP contribution in [-0.2, 0) is 6.54 Å². The van der Waals surface area contributed by atoms with Gasteiger partial charge in [-0.15, -0.1) is 5.10 Å². The first kappa shape index (κ1) is 11.6. The first-order valence-electron chi connectivity index (χ1n) is 5.99. The highest BCUT2D eigenvalue weighted by atomic mass is 16.5. The Hall–Kier alpha value is -2.44. The molecular weight excluding hydrogens is 246 g/mol. The van der Waals surface area contributed by atoms with Crippen LogP contribution in [0.1, 0.15) is 31.4 Å². The SMILES string of the molecule is CC(C)c1ccc(-c2nc(Cn3ccnn3)no2)o1. The van der Waals surface area contributed by atoms with Crippen LogP contribution < -0.4 is 0 Å². The molecule has 3 heterocycles. The fourth-order valence-corrected chi connectivity index (χ4v) is 1.66. The summed E-state index contributed by atoms with van der Waals surface area (Å²) in [7, 11) is 0. The van der Waals surface area contributed by atoms with Crippen LogP contribution in [0.25, 0.3) is 11.7 Å². The normalized spacial score (nSPS) is 11.3. The zero-order valence-electron chi connectivity index (χ0n) is 10.6. The molecule has 98 valence electrons. The third-order valence-corrected chi connectivity index (χ3v) is 2.65. The number of furan rings is 1. The summed E-state index contributed by atoms with van der Waals surface area (Å²) < 4.78 is 12.4. The Morgan fingerprint density at radius 3 is 2.89 bits per heavy atom. The van der Waals surface area contributed by atoms with E-state index in [-0.39, 0.29) is 0 Å². The van der Waals surface area contributed by atoms with Crippen molar-refractivity contribution in [3.8, 4) is 11.7 Å². The van der Waals surface area contributed by atoms with E-state index in [1.54, 1.807) is 17.1 Å². The highest BCUT2D eigenvalue weighted by Gasteiger charge is 2.14. The summed E-state index contributed by atoms with van der Waals surface area (Å²) in [6.07, 6.45) is 3.34. The minimum absolute atomic E-state index is 0.325. The number of nitrogens with zero attached hydrogens (tertiary/aromatic N) is 5. The van der Waals surface area contributed by atoms with E-state index in [1.165, 1.54) is 0 Å². The molecule has 0 radical (unpaired) electrons. The van der Waals surface area contributed by atoms with Gasteiger partial charge in [0.25, 0.3) is 5.89 Å². The maximum absolute atomic E-state index is 5.65. The van der Waals surface area contributed by atoms with Crippen LogP contribution in [0.5, 0.6) is 0 Å². The largest absolute Gasteiger partial charge is 0.456 e. The second-order valence-electron chi connectivity index (χ2n) is 4.47. The highest BCUT2D eigenvalue weighted by Crippen LogP contribution is 2.24. The van der Waals surface area contributed by atoms with Crippen molar-refractivity contribution >= 4 is 0 Å². The Labute approximate surface area is 109 Å². The second-order valence-corrected chi connectivity index (χ2v) is 4.47. The van der Waals surface area contributed by atoms with E-state index >= 15 is 0 Å². The number of aromatic nitrogens is 5. The maximum Gasteiger partial charge on any atom is 0.293 e. The second kappa shape index (κ2) is 4.68. The fraction of sp³-hybridized carbons (Fsp3) is 0.333. The molecule has 0 saturated heterocycles. The molecule has 0 aromatic carbocycles. The lowest BCUT2D eigenvalue weighted by Gasteiger charge is -1.96. The Balaban J connectivity index is 1.80. The van der Waals surface area contributed by atoms with Crippen LogP contribution in [-0.4, -0.2) is 25.1 Å². The van der Waals surface area contributed by atoms with Crippen molar-refractivity contribution < 1.29 is 8.94 Å². The molecule has 0 N–H and O–H groups in total. The van der Waals surface area contributed by atoms with Crippen molar-refractivity contribution in [3.63, 3.8) is 0 Å². The summed E-state index contributed by atoms with van der Waals surface area (Å²) in [6, 6.07) is 3.75. The first-order chi connectivity index (χ1) is 9.22. The molecular formula is C12H13N5O2. The van der Waals surface area contributed by atoms with Crippen LogP contribution in [0.3, 0.4) is 0 Å². The van der Waals surface area contributed by atoms with Gasteiger partial charge in [0.2, 0.25) is 0 Å². The molecule has 0 aliphatic rings. The maximum atomic E-state index is 5.65. The standard InChI is InChI=1S/C12H13N5O2/c1-8(2)9-3-4-10(18-9)12-14-11(15-19-12)7-17-6-5-13-16-17/h3-6,8H,7H2,1-2H3. The molecule has 3 aromatic rings. The van der Waals surface area contributed by atoms with Gasteiger partial charge in [0.1, 0.15) is 12.3 Å². The van der Waals surface area contributed by atoms with Crippen LogP contribution in [0.2, 0.25) is 0 Å². The number of rotatable bonds is 4. The van der Waals surface area contributed by atoms with Gasteiger partial charge in [-0.25, -0.2) is 4.68 Å². The van der Waals surface area contributed by atoms with Gasteiger partial charge in [-0.2, -0.15) is 4.98 Å². The molecule has 7 heteroatoms. The summed E-state index contributed by atoms with van der Waals surface area (Å²) in [5.74, 6) is 2.71. The molecule has 0 spiro atoms. The van der Waals surface area contributed by atoms with Crippen molar-refractivity contribution in [2.75, 3.05) is 0 Å². The van der Waals surface area contributed by atoms with Gasteiger partial charge in [-0.3, -0.25) is 0 Å². The Morgan fingerprint density at radius 2 is 2.21 bits per heavy atom. The summed E-state index contributed by atoms with van der Waals surface area (Å²) in [5.41, 5.74) is 0. The van der Waals surface area contributed by atoms with E-state index < -0.39 is 0 Å². The quantitative estimate of drug-likeness (QED) is 0.713. The van der Waals surface area contributed by atoms with Gasteiger partial charge in [-0.05, 0) is 12.1 Å². The molecule has 7 nitrogen and oxygen atoms in total. The lowest BCUT2D eigenvalue weighted by molar-refractivity contribution is 0.399. The monoisotopic (exact) mass is 259 g/mol. The highest BCUT2D eigenvalue weighted by molar-refractivity contribution is 5.44. The van der Waals surface area contributed by atoms with Gasteiger partial charge in [0, 0.05) is 12.1 Å². The van der Waals surface area contributed by atoms with Gasteiger partial charge < -0.3 is 8.94 Å². The molecule has 0 atom stereocenters. The van der Waals surface area contributed by atoms with Crippen LogP contribution in [0.15, 0.2) is 33.5 Å². The summed E-state index contributed by atoms with van der Waals surface area (Å²) in [4.78, 5) is 4.27. The zero-order chi connectivity index (χ0) is 13.2. The van der Waals surface area contributed by atoms with Gasteiger partial charge in [0.05, 0.1) is 6.20 Å². The predicted molar refractivity (Wildman–Crippen MR) is 65.2 cm³/mol. The zero-order valence-corrected chi connectivity index (χ0v) is 10.6. The molecule has 19 heavy (non-hydrogen) atoms. The molecule has 0 saturated carbocycles. The molecule has 0 fully saturated rings. The Bertz CT molecular complexity index is 653. The smallest absolute Gasteiger partial charge is 0.293 e. The van der Waals surface area contributed by atoms with E-state index in [0.29, 0.717) is 29.9 Å². The summed E-state index contributed by atoms with van der Waals surface area (Å²) in [5, 5.41) is 11.4. The van der Waals surface area contributed by atoms with Crippen molar-refractivity contribution in [2.24, 2.45) is 0 Å². The van der Waals surface area contributed by atoms with E-state index in [2.05, 4.69) is 34.3 Å². The third kappa shape index (κ3) is 2.40. The molecule has 0 bridgehead atoms. The number of hydrogen-bond acceptors (Lipinski definition) is 6. The average Bonchev–Trinajstić information content (AvgIpc) is 3.09. The molecule has 3 rings (SSSR count). The fourth-order valence-electron chi connectivity index (χ4n) is 1.66. The van der Waals surface area contributed by atoms with E-state index in [4.69, 9.17) is 8.94 Å². The van der Waals surface area contributed by atoms with Crippen LogP contribution >= 0.6 is 0 Å². The topological polar surface area (TPSA) is 82.8 Å². The predicted octanol–water partition coefficient (Wildman–Crippen LogP) is 2.09. The van der Waals surface area contributed by atoms with E-state index in [1.807, 2.05) is 12.1 Å².